The Kier molecular flexibility index (Phi) is 14.9. The smallest absolute Gasteiger partial charge is 0.187 e. The van der Waals surface area contributed by atoms with Crippen LogP contribution in [-0.2, 0) is 28.4 Å². The van der Waals surface area contributed by atoms with Crippen LogP contribution in [0.25, 0.3) is 0 Å². The van der Waals surface area contributed by atoms with Crippen LogP contribution >= 0.6 is 0 Å². The van der Waals surface area contributed by atoms with E-state index in [0.717, 1.165) is 37.7 Å². The first kappa shape index (κ1) is 50.9. The molecule has 0 aromatic carbocycles. The highest BCUT2D eigenvalue weighted by Crippen LogP contribution is 2.76. The predicted octanol–water partition coefficient (Wildman–Crippen LogP) is 0.612. The van der Waals surface area contributed by atoms with Crippen LogP contribution in [0.1, 0.15) is 113 Å². The van der Waals surface area contributed by atoms with Gasteiger partial charge in [0.2, 0.25) is 0 Å². The number of aliphatic hydroxyl groups excluding tert-OH is 11. The van der Waals surface area contributed by atoms with Crippen LogP contribution in [0.2, 0.25) is 0 Å². The summed E-state index contributed by atoms with van der Waals surface area (Å²) in [4.78, 5) is 0. The molecule has 7 aliphatic rings. The second kappa shape index (κ2) is 18.8. The Labute approximate surface area is 377 Å². The van der Waals surface area contributed by atoms with Gasteiger partial charge in [0.05, 0.1) is 37.6 Å². The number of hydrogen-bond donors (Lipinski definition) is 11. The lowest BCUT2D eigenvalue weighted by molar-refractivity contribution is -0.342. The molecule has 3 saturated heterocycles. The average molecular weight is 917 g/mol. The van der Waals surface area contributed by atoms with Gasteiger partial charge in [0.25, 0.3) is 0 Å². The zero-order valence-electron chi connectivity index (χ0n) is 39.0. The first-order valence-corrected chi connectivity index (χ1v) is 23.8. The van der Waals surface area contributed by atoms with Crippen molar-refractivity contribution in [2.45, 2.75) is 217 Å². The summed E-state index contributed by atoms with van der Waals surface area (Å²) in [5.41, 5.74) is -0.947. The van der Waals surface area contributed by atoms with Gasteiger partial charge in [-0.2, -0.15) is 0 Å². The van der Waals surface area contributed by atoms with Crippen LogP contribution in [0, 0.1) is 45.3 Å². The minimum absolute atomic E-state index is 0.149. The van der Waals surface area contributed by atoms with Crippen molar-refractivity contribution < 1.29 is 84.6 Å². The lowest BCUT2D eigenvalue weighted by Crippen LogP contribution is -2.67. The van der Waals surface area contributed by atoms with E-state index in [1.807, 2.05) is 20.8 Å². The van der Waals surface area contributed by atoms with Gasteiger partial charge in [-0.05, 0) is 124 Å². The molecule has 17 heteroatoms. The largest absolute Gasteiger partial charge is 0.394 e. The van der Waals surface area contributed by atoms with Gasteiger partial charge in [-0.1, -0.05) is 46.3 Å². The minimum Gasteiger partial charge on any atom is -0.394 e. The summed E-state index contributed by atoms with van der Waals surface area (Å²) in [7, 11) is 0. The fourth-order valence-corrected chi connectivity index (χ4v) is 14.6. The van der Waals surface area contributed by atoms with Gasteiger partial charge in [0.1, 0.15) is 67.1 Å². The first-order chi connectivity index (χ1) is 29.9. The molecule has 24 atom stereocenters. The third-order valence-electron chi connectivity index (χ3n) is 18.4. The highest BCUT2D eigenvalue weighted by molar-refractivity contribution is 5.20. The van der Waals surface area contributed by atoms with Crippen molar-refractivity contribution in [1.29, 1.82) is 0 Å². The third kappa shape index (κ3) is 8.49. The molecule has 0 aromatic rings. The van der Waals surface area contributed by atoms with Crippen LogP contribution in [0.4, 0.5) is 0 Å². The molecule has 0 spiro atoms. The monoisotopic (exact) mass is 917 g/mol. The number of ether oxygens (including phenoxy) is 6. The van der Waals surface area contributed by atoms with Crippen LogP contribution in [-0.4, -0.2) is 180 Å². The summed E-state index contributed by atoms with van der Waals surface area (Å²) in [6.07, 6.45) is -11.9. The summed E-state index contributed by atoms with van der Waals surface area (Å²) < 4.78 is 36.6. The van der Waals surface area contributed by atoms with E-state index >= 15 is 0 Å². The molecule has 64 heavy (non-hydrogen) atoms. The summed E-state index contributed by atoms with van der Waals surface area (Å²) in [5, 5.41) is 118. The summed E-state index contributed by atoms with van der Waals surface area (Å²) >= 11 is 0. The summed E-state index contributed by atoms with van der Waals surface area (Å²) in [6, 6.07) is 0. The summed E-state index contributed by atoms with van der Waals surface area (Å²) in [6.45, 7) is 16.1. The standard InChI is InChI=1S/C47H80O17/c1-22(2)10-9-14-47(8,64-42-39(58)36(55)34(53)27(62-42)21-59-40-37(56)33(52)26(20-49)60-40)23-11-16-46(7)31(23)24(50)18-29-44(5)15-13-30(43(3,4)28(44)12-17-45(29,46)6)63-41-38(57)35(54)32(51)25(19-48)61-41/h10,23-42,48-58H,9,11-21H2,1-8H3/t23-,24+,25+,26+,27+,28-,29?,30-,31?,32+,33+,34+,35-,36-,37-,38+,39+,40-,41-,42-,44-,45+,46+,47+/m0/s1. The zero-order valence-corrected chi connectivity index (χ0v) is 39.0. The molecule has 0 bridgehead atoms. The molecular weight excluding hydrogens is 836 g/mol. The normalized spacial score (nSPS) is 52.3. The molecule has 370 valence electrons. The lowest BCUT2D eigenvalue weighted by atomic mass is 9.35. The minimum atomic E-state index is -1.67. The Morgan fingerprint density at radius 3 is 1.81 bits per heavy atom. The zero-order chi connectivity index (χ0) is 47.1. The topological polar surface area (TPSA) is 278 Å². The summed E-state index contributed by atoms with van der Waals surface area (Å²) in [5.74, 6) is -0.0472. The van der Waals surface area contributed by atoms with Gasteiger partial charge < -0.3 is 84.6 Å². The van der Waals surface area contributed by atoms with Crippen LogP contribution < -0.4 is 0 Å². The molecule has 7 fully saturated rings. The maximum absolute atomic E-state index is 12.7. The molecule has 17 nitrogen and oxygen atoms in total. The molecule has 7 rings (SSSR count). The Morgan fingerprint density at radius 1 is 0.641 bits per heavy atom. The van der Waals surface area contributed by atoms with Crippen LogP contribution in [0.5, 0.6) is 0 Å². The average Bonchev–Trinajstić information content (AvgIpc) is 3.76. The quantitative estimate of drug-likeness (QED) is 0.0892. The van der Waals surface area contributed by atoms with Gasteiger partial charge in [-0.25, -0.2) is 0 Å². The Bertz CT molecular complexity index is 1630. The predicted molar refractivity (Wildman–Crippen MR) is 228 cm³/mol. The van der Waals surface area contributed by atoms with Gasteiger partial charge in [0.15, 0.2) is 18.9 Å². The van der Waals surface area contributed by atoms with E-state index in [-0.39, 0.29) is 46.0 Å². The number of rotatable bonds is 13. The van der Waals surface area contributed by atoms with Crippen molar-refractivity contribution in [3.63, 3.8) is 0 Å². The fraction of sp³-hybridized carbons (Fsp3) is 0.957. The molecule has 2 unspecified atom stereocenters. The fourth-order valence-electron chi connectivity index (χ4n) is 14.6. The molecule has 0 amide bonds. The van der Waals surface area contributed by atoms with E-state index in [1.165, 1.54) is 0 Å². The van der Waals surface area contributed by atoms with Crippen LogP contribution in [0.15, 0.2) is 11.6 Å². The molecular formula is C47H80O17. The molecule has 0 radical (unpaired) electrons. The molecule has 4 aliphatic carbocycles. The number of hydrogen-bond acceptors (Lipinski definition) is 17. The van der Waals surface area contributed by atoms with E-state index < -0.39 is 123 Å². The maximum Gasteiger partial charge on any atom is 0.187 e. The Hall–Kier alpha value is -0.940. The van der Waals surface area contributed by atoms with E-state index in [4.69, 9.17) is 28.4 Å². The first-order valence-electron chi connectivity index (χ1n) is 23.8. The van der Waals surface area contributed by atoms with E-state index in [1.54, 1.807) is 0 Å². The van der Waals surface area contributed by atoms with Gasteiger partial charge >= 0.3 is 0 Å². The highest BCUT2D eigenvalue weighted by atomic mass is 16.7. The van der Waals surface area contributed by atoms with Crippen molar-refractivity contribution in [1.82, 2.24) is 0 Å². The number of fused-ring (bicyclic) bond motifs is 5. The lowest BCUT2D eigenvalue weighted by Gasteiger charge is -2.71. The van der Waals surface area contributed by atoms with Gasteiger partial charge in [0, 0.05) is 0 Å². The van der Waals surface area contributed by atoms with E-state index in [9.17, 15) is 56.2 Å². The van der Waals surface area contributed by atoms with Crippen molar-refractivity contribution in [3.05, 3.63) is 11.6 Å². The highest BCUT2D eigenvalue weighted by Gasteiger charge is 2.72. The molecule has 4 saturated carbocycles. The second-order valence-corrected chi connectivity index (χ2v) is 22.4. The SMILES string of the molecule is CC(C)=CCC[C@@](C)(O[C@@H]1O[C@H](CO[C@H]2O[C@H](CO)[C@@H](O)[C@@H]2O)[C@@H](O)[C@H](O)[C@H]1O)[C@H]1CC[C@]2(C)C1[C@H](O)CC1[C@@]3(C)CC[C@H](O[C@@H]4O[C@H](CO)[C@@H](O)[C@H](O)[C@H]4O)C(C)(C)[C@@H]3CC[C@]12C. The van der Waals surface area contributed by atoms with E-state index in [0.29, 0.717) is 25.7 Å². The van der Waals surface area contributed by atoms with Crippen molar-refractivity contribution in [2.24, 2.45) is 45.3 Å². The van der Waals surface area contributed by atoms with Crippen molar-refractivity contribution in [2.75, 3.05) is 19.8 Å². The molecule has 11 N–H and O–H groups in total. The molecule has 3 aliphatic heterocycles. The Balaban J connectivity index is 1.11. The third-order valence-corrected chi connectivity index (χ3v) is 18.4. The van der Waals surface area contributed by atoms with Gasteiger partial charge in [-0.3, -0.25) is 0 Å². The van der Waals surface area contributed by atoms with Crippen LogP contribution in [0.3, 0.4) is 0 Å². The van der Waals surface area contributed by atoms with Crippen molar-refractivity contribution >= 4 is 0 Å². The van der Waals surface area contributed by atoms with E-state index in [2.05, 4.69) is 40.7 Å². The molecule has 0 aromatic heterocycles. The second-order valence-electron chi connectivity index (χ2n) is 22.4. The maximum atomic E-state index is 12.7. The number of allylic oxidation sites excluding steroid dienone is 2. The molecule has 3 heterocycles. The van der Waals surface area contributed by atoms with Gasteiger partial charge in [-0.15, -0.1) is 0 Å². The Morgan fingerprint density at radius 2 is 1.19 bits per heavy atom. The van der Waals surface area contributed by atoms with Crippen molar-refractivity contribution in [3.8, 4) is 0 Å². The number of aliphatic hydroxyl groups is 11.